The molecule has 0 spiro atoms. The molecule has 0 unspecified atom stereocenters. The SMILES string of the molecule is COCC#Cc1ccc(C23OCC(CC(C)(C)C)(CO2)CO3)cc1. The summed E-state index contributed by atoms with van der Waals surface area (Å²) in [4.78, 5) is 0. The van der Waals surface area contributed by atoms with Crippen molar-refractivity contribution in [1.82, 2.24) is 0 Å². The van der Waals surface area contributed by atoms with Crippen molar-refractivity contribution >= 4 is 0 Å². The van der Waals surface area contributed by atoms with Crippen molar-refractivity contribution in [2.24, 2.45) is 10.8 Å². The second kappa shape index (κ2) is 6.50. The Morgan fingerprint density at radius 3 is 2.12 bits per heavy atom. The highest BCUT2D eigenvalue weighted by Crippen LogP contribution is 2.48. The molecule has 3 aliphatic rings. The van der Waals surface area contributed by atoms with Gasteiger partial charge in [-0.3, -0.25) is 0 Å². The number of fused-ring (bicyclic) bond motifs is 3. The quantitative estimate of drug-likeness (QED) is 0.797. The van der Waals surface area contributed by atoms with E-state index in [4.69, 9.17) is 18.9 Å². The summed E-state index contributed by atoms with van der Waals surface area (Å²) < 4.78 is 23.0. The molecule has 0 N–H and O–H groups in total. The van der Waals surface area contributed by atoms with Crippen LogP contribution in [-0.2, 0) is 24.9 Å². The molecular weight excluding hydrogens is 304 g/mol. The third-order valence-electron chi connectivity index (χ3n) is 4.30. The van der Waals surface area contributed by atoms with Gasteiger partial charge in [0.2, 0.25) is 0 Å². The minimum Gasteiger partial charge on any atom is -0.372 e. The van der Waals surface area contributed by atoms with E-state index >= 15 is 0 Å². The summed E-state index contributed by atoms with van der Waals surface area (Å²) in [7, 11) is 1.63. The fourth-order valence-corrected chi connectivity index (χ4v) is 3.49. The Morgan fingerprint density at radius 1 is 1.04 bits per heavy atom. The Balaban J connectivity index is 1.71. The third-order valence-corrected chi connectivity index (χ3v) is 4.30. The van der Waals surface area contributed by atoms with Crippen molar-refractivity contribution in [3.63, 3.8) is 0 Å². The molecule has 1 aromatic carbocycles. The zero-order valence-electron chi connectivity index (χ0n) is 15.0. The Bertz CT molecular complexity index is 606. The number of hydrogen-bond donors (Lipinski definition) is 0. The zero-order valence-corrected chi connectivity index (χ0v) is 15.0. The molecule has 0 aromatic heterocycles. The summed E-state index contributed by atoms with van der Waals surface area (Å²) in [5, 5.41) is 0. The summed E-state index contributed by atoms with van der Waals surface area (Å²) in [5.41, 5.74) is 1.99. The van der Waals surface area contributed by atoms with Gasteiger partial charge in [0.25, 0.3) is 0 Å². The molecule has 3 aliphatic heterocycles. The Labute approximate surface area is 144 Å². The van der Waals surface area contributed by atoms with Crippen LogP contribution in [0.3, 0.4) is 0 Å². The summed E-state index contributed by atoms with van der Waals surface area (Å²) in [5.74, 6) is 4.94. The van der Waals surface area contributed by atoms with Crippen LogP contribution in [0.2, 0.25) is 0 Å². The molecule has 24 heavy (non-hydrogen) atoms. The van der Waals surface area contributed by atoms with Crippen LogP contribution in [0.15, 0.2) is 24.3 Å². The van der Waals surface area contributed by atoms with Crippen LogP contribution in [0.25, 0.3) is 0 Å². The second-order valence-electron chi connectivity index (χ2n) is 7.97. The summed E-state index contributed by atoms with van der Waals surface area (Å²) in [6.45, 7) is 9.14. The van der Waals surface area contributed by atoms with Crippen molar-refractivity contribution < 1.29 is 18.9 Å². The maximum atomic E-state index is 6.04. The summed E-state index contributed by atoms with van der Waals surface area (Å²) >= 11 is 0. The van der Waals surface area contributed by atoms with Crippen molar-refractivity contribution in [1.29, 1.82) is 0 Å². The first kappa shape index (κ1) is 17.4. The van der Waals surface area contributed by atoms with Gasteiger partial charge in [-0.25, -0.2) is 0 Å². The van der Waals surface area contributed by atoms with Gasteiger partial charge in [-0.05, 0) is 36.1 Å². The average molecular weight is 330 g/mol. The van der Waals surface area contributed by atoms with Gasteiger partial charge in [0.15, 0.2) is 0 Å². The lowest BCUT2D eigenvalue weighted by Gasteiger charge is -2.53. The number of ether oxygens (including phenoxy) is 4. The summed E-state index contributed by atoms with van der Waals surface area (Å²) in [6.07, 6.45) is 1.02. The van der Waals surface area contributed by atoms with E-state index in [1.54, 1.807) is 7.11 Å². The van der Waals surface area contributed by atoms with Gasteiger partial charge < -0.3 is 18.9 Å². The smallest absolute Gasteiger partial charge is 0.312 e. The fraction of sp³-hybridized carbons (Fsp3) is 0.600. The molecule has 0 radical (unpaired) electrons. The van der Waals surface area contributed by atoms with E-state index in [2.05, 4.69) is 32.6 Å². The lowest BCUT2D eigenvalue weighted by Crippen LogP contribution is -2.59. The number of benzene rings is 1. The Kier molecular flexibility index (Phi) is 4.72. The van der Waals surface area contributed by atoms with Crippen LogP contribution in [-0.4, -0.2) is 33.5 Å². The van der Waals surface area contributed by atoms with Crippen LogP contribution in [0.5, 0.6) is 0 Å². The van der Waals surface area contributed by atoms with Crippen molar-refractivity contribution in [3.05, 3.63) is 35.4 Å². The highest BCUT2D eigenvalue weighted by Gasteiger charge is 2.54. The standard InChI is InChI=1S/C20H26O4/c1-18(2,3)12-19-13-22-20(23-14-19,24-15-19)17-9-7-16(8-10-17)6-5-11-21-4/h7-10H,11-15H2,1-4H3. The molecule has 4 rings (SSSR count). The molecule has 0 aliphatic carbocycles. The summed E-state index contributed by atoms with van der Waals surface area (Å²) in [6, 6.07) is 7.82. The monoisotopic (exact) mass is 330 g/mol. The van der Waals surface area contributed by atoms with E-state index in [-0.39, 0.29) is 10.8 Å². The normalized spacial score (nSPS) is 29.2. The van der Waals surface area contributed by atoms with E-state index in [0.717, 1.165) is 17.5 Å². The lowest BCUT2D eigenvalue weighted by molar-refractivity contribution is -0.482. The van der Waals surface area contributed by atoms with Gasteiger partial charge in [0.1, 0.15) is 6.61 Å². The van der Waals surface area contributed by atoms with Crippen molar-refractivity contribution in [2.75, 3.05) is 33.5 Å². The Morgan fingerprint density at radius 2 is 1.62 bits per heavy atom. The van der Waals surface area contributed by atoms with E-state index in [1.165, 1.54) is 0 Å². The molecule has 0 saturated carbocycles. The van der Waals surface area contributed by atoms with Crippen LogP contribution in [0.4, 0.5) is 0 Å². The minimum absolute atomic E-state index is 0.0361. The van der Waals surface area contributed by atoms with Gasteiger partial charge in [-0.2, -0.15) is 0 Å². The molecule has 1 aromatic rings. The van der Waals surface area contributed by atoms with Crippen molar-refractivity contribution in [2.45, 2.75) is 33.2 Å². The predicted molar refractivity (Wildman–Crippen MR) is 91.2 cm³/mol. The first-order chi connectivity index (χ1) is 11.4. The number of rotatable bonds is 3. The van der Waals surface area contributed by atoms with Crippen LogP contribution < -0.4 is 0 Å². The van der Waals surface area contributed by atoms with Crippen LogP contribution >= 0.6 is 0 Å². The molecule has 3 saturated heterocycles. The Hall–Kier alpha value is -1.38. The fourth-order valence-electron chi connectivity index (χ4n) is 3.49. The molecule has 4 nitrogen and oxygen atoms in total. The molecule has 0 amide bonds. The van der Waals surface area contributed by atoms with Gasteiger partial charge >= 0.3 is 5.97 Å². The van der Waals surface area contributed by atoms with Gasteiger partial charge in [-0.1, -0.05) is 32.6 Å². The molecule has 130 valence electrons. The molecule has 4 heteroatoms. The van der Waals surface area contributed by atoms with Crippen LogP contribution in [0, 0.1) is 22.7 Å². The first-order valence-corrected chi connectivity index (χ1v) is 8.37. The first-order valence-electron chi connectivity index (χ1n) is 8.37. The zero-order chi connectivity index (χ0) is 17.3. The maximum Gasteiger partial charge on any atom is 0.312 e. The molecule has 3 fully saturated rings. The maximum absolute atomic E-state index is 6.04. The van der Waals surface area contributed by atoms with Crippen molar-refractivity contribution in [3.8, 4) is 11.8 Å². The average Bonchev–Trinajstić information content (AvgIpc) is 2.55. The topological polar surface area (TPSA) is 36.9 Å². The van der Waals surface area contributed by atoms with Gasteiger partial charge in [-0.15, -0.1) is 0 Å². The van der Waals surface area contributed by atoms with E-state index in [1.807, 2.05) is 24.3 Å². The highest BCUT2D eigenvalue weighted by molar-refractivity contribution is 5.37. The highest BCUT2D eigenvalue weighted by atomic mass is 16.9. The van der Waals surface area contributed by atoms with Crippen LogP contribution in [0.1, 0.15) is 38.3 Å². The molecule has 3 heterocycles. The largest absolute Gasteiger partial charge is 0.372 e. The van der Waals surface area contributed by atoms with Gasteiger partial charge in [0, 0.05) is 23.7 Å². The molecule has 0 atom stereocenters. The lowest BCUT2D eigenvalue weighted by atomic mass is 9.74. The van der Waals surface area contributed by atoms with E-state index in [9.17, 15) is 0 Å². The molecular formula is C20H26O4. The van der Waals surface area contributed by atoms with Gasteiger partial charge in [0.05, 0.1) is 19.8 Å². The predicted octanol–water partition coefficient (Wildman–Crippen LogP) is 3.29. The van der Waals surface area contributed by atoms with E-state index in [0.29, 0.717) is 26.4 Å². The number of hydrogen-bond acceptors (Lipinski definition) is 4. The number of methoxy groups -OCH3 is 1. The van der Waals surface area contributed by atoms with E-state index < -0.39 is 5.97 Å². The molecule has 2 bridgehead atoms. The minimum atomic E-state index is -1.06. The third kappa shape index (κ3) is 3.65. The second-order valence-corrected chi connectivity index (χ2v) is 7.97.